The summed E-state index contributed by atoms with van der Waals surface area (Å²) >= 11 is 1.46. The van der Waals surface area contributed by atoms with Gasteiger partial charge in [-0.3, -0.25) is 9.59 Å². The molecule has 1 saturated heterocycles. The summed E-state index contributed by atoms with van der Waals surface area (Å²) in [5.41, 5.74) is 0.637. The lowest BCUT2D eigenvalue weighted by molar-refractivity contribution is -0.121. The van der Waals surface area contributed by atoms with Crippen molar-refractivity contribution in [2.75, 3.05) is 20.1 Å². The van der Waals surface area contributed by atoms with Gasteiger partial charge in [-0.1, -0.05) is 6.07 Å². The van der Waals surface area contributed by atoms with Crippen molar-refractivity contribution in [1.82, 2.24) is 15.5 Å². The minimum Gasteiger partial charge on any atom is -0.507 e. The van der Waals surface area contributed by atoms with Crippen molar-refractivity contribution in [2.24, 2.45) is 5.92 Å². The summed E-state index contributed by atoms with van der Waals surface area (Å²) in [5, 5.41) is 24.6. The molecule has 0 radical (unpaired) electrons. The number of carboxylic acid groups (broad SMARTS) is 1. The second kappa shape index (κ2) is 11.1. The Morgan fingerprint density at radius 1 is 1.12 bits per heavy atom. The number of aromatic hydroxyl groups is 1. The standard InChI is InChI=1S/C23H29N3O5S/c1-24-21(28)7-3-15-8-10-26(11-9-15)22(29)20-6-4-17(32-20)14-25-13-16-2-5-19(27)18(12-16)23(30)31/h2,4-6,12,15,25,27H,3,7-11,13-14H2,1H3,(H,24,28)(H,30,31). The van der Waals surface area contributed by atoms with Gasteiger partial charge in [-0.05, 0) is 55.0 Å². The number of aromatic carboxylic acids is 1. The Morgan fingerprint density at radius 2 is 1.88 bits per heavy atom. The molecule has 1 aliphatic rings. The number of nitrogens with one attached hydrogen (secondary N) is 2. The molecule has 32 heavy (non-hydrogen) atoms. The third-order valence-electron chi connectivity index (χ3n) is 5.75. The van der Waals surface area contributed by atoms with E-state index in [0.717, 1.165) is 42.8 Å². The van der Waals surface area contributed by atoms with E-state index in [-0.39, 0.29) is 23.1 Å². The minimum absolute atomic E-state index is 0.0515. The highest BCUT2D eigenvalue weighted by atomic mass is 32.1. The van der Waals surface area contributed by atoms with Crippen LogP contribution in [0.4, 0.5) is 0 Å². The number of carbonyl (C=O) groups is 3. The van der Waals surface area contributed by atoms with E-state index in [1.165, 1.54) is 23.5 Å². The first-order valence-electron chi connectivity index (χ1n) is 10.7. The number of carbonyl (C=O) groups excluding carboxylic acids is 2. The van der Waals surface area contributed by atoms with Crippen LogP contribution in [-0.4, -0.2) is 53.0 Å². The Morgan fingerprint density at radius 3 is 2.56 bits per heavy atom. The summed E-state index contributed by atoms with van der Waals surface area (Å²) in [6, 6.07) is 8.29. The van der Waals surface area contributed by atoms with E-state index < -0.39 is 5.97 Å². The fraction of sp³-hybridized carbons (Fsp3) is 0.435. The first kappa shape index (κ1) is 23.7. The summed E-state index contributed by atoms with van der Waals surface area (Å²) in [6.07, 6.45) is 3.25. The molecule has 0 saturated carbocycles. The van der Waals surface area contributed by atoms with Gasteiger partial charge in [0.25, 0.3) is 5.91 Å². The van der Waals surface area contributed by atoms with Crippen LogP contribution in [0.15, 0.2) is 30.3 Å². The molecule has 1 aromatic heterocycles. The predicted molar refractivity (Wildman–Crippen MR) is 122 cm³/mol. The molecule has 9 heteroatoms. The number of amides is 2. The zero-order valence-electron chi connectivity index (χ0n) is 18.1. The smallest absolute Gasteiger partial charge is 0.339 e. The van der Waals surface area contributed by atoms with Crippen LogP contribution in [0.25, 0.3) is 0 Å². The van der Waals surface area contributed by atoms with Crippen LogP contribution in [0.3, 0.4) is 0 Å². The molecule has 2 amide bonds. The lowest BCUT2D eigenvalue weighted by Gasteiger charge is -2.31. The molecule has 1 aromatic carbocycles. The molecule has 0 spiro atoms. The average molecular weight is 460 g/mol. The van der Waals surface area contributed by atoms with Gasteiger partial charge in [0.05, 0.1) is 4.88 Å². The summed E-state index contributed by atoms with van der Waals surface area (Å²) in [5.74, 6) is -0.813. The lowest BCUT2D eigenvalue weighted by atomic mass is 9.92. The van der Waals surface area contributed by atoms with Gasteiger partial charge in [-0.25, -0.2) is 4.79 Å². The highest BCUT2D eigenvalue weighted by Gasteiger charge is 2.24. The van der Waals surface area contributed by atoms with Crippen LogP contribution in [-0.2, 0) is 17.9 Å². The van der Waals surface area contributed by atoms with Gasteiger partial charge in [-0.15, -0.1) is 11.3 Å². The van der Waals surface area contributed by atoms with Crippen molar-refractivity contribution < 1.29 is 24.6 Å². The van der Waals surface area contributed by atoms with E-state index >= 15 is 0 Å². The summed E-state index contributed by atoms with van der Waals surface area (Å²) in [6.45, 7) is 2.44. The molecule has 4 N–H and O–H groups in total. The van der Waals surface area contributed by atoms with Gasteiger partial charge in [0, 0.05) is 44.5 Å². The van der Waals surface area contributed by atoms with Crippen molar-refractivity contribution >= 4 is 29.1 Å². The van der Waals surface area contributed by atoms with Gasteiger partial charge < -0.3 is 25.7 Å². The van der Waals surface area contributed by atoms with Crippen molar-refractivity contribution in [3.63, 3.8) is 0 Å². The second-order valence-corrected chi connectivity index (χ2v) is 9.14. The van der Waals surface area contributed by atoms with Gasteiger partial charge in [-0.2, -0.15) is 0 Å². The average Bonchev–Trinajstić information content (AvgIpc) is 3.27. The number of phenols is 1. The van der Waals surface area contributed by atoms with Gasteiger partial charge >= 0.3 is 5.97 Å². The SMILES string of the molecule is CNC(=O)CCC1CCN(C(=O)c2ccc(CNCc3ccc(O)c(C(=O)O)c3)s2)CC1. The van der Waals surface area contributed by atoms with Crippen LogP contribution < -0.4 is 10.6 Å². The Kier molecular flexibility index (Phi) is 8.24. The van der Waals surface area contributed by atoms with E-state index in [2.05, 4.69) is 10.6 Å². The van der Waals surface area contributed by atoms with E-state index in [1.807, 2.05) is 17.0 Å². The first-order chi connectivity index (χ1) is 15.4. The van der Waals surface area contributed by atoms with E-state index in [9.17, 15) is 19.5 Å². The maximum atomic E-state index is 12.8. The summed E-state index contributed by atoms with van der Waals surface area (Å²) in [4.78, 5) is 39.0. The summed E-state index contributed by atoms with van der Waals surface area (Å²) in [7, 11) is 1.65. The molecule has 172 valence electrons. The number of rotatable bonds is 9. The fourth-order valence-electron chi connectivity index (χ4n) is 3.82. The van der Waals surface area contributed by atoms with Gasteiger partial charge in [0.15, 0.2) is 0 Å². The second-order valence-electron chi connectivity index (χ2n) is 7.97. The zero-order chi connectivity index (χ0) is 23.1. The number of benzene rings is 1. The first-order valence-corrected chi connectivity index (χ1v) is 11.5. The maximum Gasteiger partial charge on any atom is 0.339 e. The Labute approximate surface area is 191 Å². The van der Waals surface area contributed by atoms with E-state index in [0.29, 0.717) is 30.3 Å². The fourth-order valence-corrected chi connectivity index (χ4v) is 4.77. The van der Waals surface area contributed by atoms with Crippen molar-refractivity contribution in [3.05, 3.63) is 51.2 Å². The quantitative estimate of drug-likeness (QED) is 0.458. The molecule has 2 aromatic rings. The molecule has 3 rings (SSSR count). The molecule has 0 atom stereocenters. The topological polar surface area (TPSA) is 119 Å². The zero-order valence-corrected chi connectivity index (χ0v) is 18.9. The molecule has 0 aliphatic carbocycles. The molecular weight excluding hydrogens is 430 g/mol. The number of hydrogen-bond acceptors (Lipinski definition) is 6. The summed E-state index contributed by atoms with van der Waals surface area (Å²) < 4.78 is 0. The van der Waals surface area contributed by atoms with Crippen LogP contribution in [0.2, 0.25) is 0 Å². The number of likely N-dealkylation sites (tertiary alicyclic amines) is 1. The number of piperidine rings is 1. The number of hydrogen-bond donors (Lipinski definition) is 4. The molecule has 1 aliphatic heterocycles. The third kappa shape index (κ3) is 6.30. The lowest BCUT2D eigenvalue weighted by Crippen LogP contribution is -2.38. The normalized spacial score (nSPS) is 14.3. The van der Waals surface area contributed by atoms with E-state index in [1.54, 1.807) is 13.1 Å². The molecule has 1 fully saturated rings. The van der Waals surface area contributed by atoms with Gasteiger partial charge in [0.2, 0.25) is 5.91 Å². The predicted octanol–water partition coefficient (Wildman–Crippen LogP) is 2.82. The van der Waals surface area contributed by atoms with Gasteiger partial charge in [0.1, 0.15) is 11.3 Å². The molecule has 2 heterocycles. The van der Waals surface area contributed by atoms with Crippen LogP contribution in [0, 0.1) is 5.92 Å². The van der Waals surface area contributed by atoms with Crippen LogP contribution in [0.1, 0.15) is 56.2 Å². The highest BCUT2D eigenvalue weighted by molar-refractivity contribution is 7.14. The Bertz CT molecular complexity index is 966. The number of nitrogens with zero attached hydrogens (tertiary/aromatic N) is 1. The van der Waals surface area contributed by atoms with E-state index in [4.69, 9.17) is 5.11 Å². The number of thiophene rings is 1. The van der Waals surface area contributed by atoms with Crippen LogP contribution in [0.5, 0.6) is 5.75 Å². The van der Waals surface area contributed by atoms with Crippen LogP contribution >= 0.6 is 11.3 Å². The van der Waals surface area contributed by atoms with Crippen molar-refractivity contribution in [2.45, 2.75) is 38.8 Å². The molecular formula is C23H29N3O5S. The maximum absolute atomic E-state index is 12.8. The molecule has 0 unspecified atom stereocenters. The molecule has 0 bridgehead atoms. The van der Waals surface area contributed by atoms with Crippen molar-refractivity contribution in [1.29, 1.82) is 0 Å². The highest BCUT2D eigenvalue weighted by Crippen LogP contribution is 2.25. The van der Waals surface area contributed by atoms with Crippen molar-refractivity contribution in [3.8, 4) is 5.75 Å². The Balaban J connectivity index is 1.45. The largest absolute Gasteiger partial charge is 0.507 e. The monoisotopic (exact) mass is 459 g/mol. The number of carboxylic acids is 1. The Hall–Kier alpha value is -2.91. The molecule has 8 nitrogen and oxygen atoms in total. The third-order valence-corrected chi connectivity index (χ3v) is 6.83. The minimum atomic E-state index is -1.17.